The van der Waals surface area contributed by atoms with E-state index < -0.39 is 0 Å². The molecule has 1 atom stereocenters. The van der Waals surface area contributed by atoms with Crippen LogP contribution in [0.4, 0.5) is 0 Å². The third-order valence-corrected chi connectivity index (χ3v) is 2.41. The predicted molar refractivity (Wildman–Crippen MR) is 56.2 cm³/mol. The van der Waals surface area contributed by atoms with Gasteiger partial charge in [-0.05, 0) is 17.2 Å². The number of aromatic nitrogens is 1. The van der Waals surface area contributed by atoms with E-state index in [0.717, 1.165) is 11.1 Å². The highest BCUT2D eigenvalue weighted by atomic mass is 16.3. The molecule has 0 spiro atoms. The van der Waals surface area contributed by atoms with E-state index in [1.165, 1.54) is 0 Å². The fraction of sp³-hybridized carbons (Fsp3) is 0.167. The SMILES string of the molecule is OCC(c1ccccc1)c1cc[nH]c1. The van der Waals surface area contributed by atoms with Crippen molar-refractivity contribution in [3.8, 4) is 0 Å². The third kappa shape index (κ3) is 1.70. The lowest BCUT2D eigenvalue weighted by molar-refractivity contribution is 0.280. The number of rotatable bonds is 3. The molecule has 2 N–H and O–H groups in total. The van der Waals surface area contributed by atoms with Crippen LogP contribution in [0.5, 0.6) is 0 Å². The number of hydrogen-bond acceptors (Lipinski definition) is 1. The van der Waals surface area contributed by atoms with Gasteiger partial charge in [0.15, 0.2) is 0 Å². The van der Waals surface area contributed by atoms with E-state index in [2.05, 4.69) is 4.98 Å². The van der Waals surface area contributed by atoms with Crippen molar-refractivity contribution in [2.24, 2.45) is 0 Å². The van der Waals surface area contributed by atoms with E-state index in [0.29, 0.717) is 0 Å². The Labute approximate surface area is 83.2 Å². The molecule has 1 unspecified atom stereocenters. The summed E-state index contributed by atoms with van der Waals surface area (Å²) in [6.45, 7) is 0.141. The number of H-pyrrole nitrogens is 1. The van der Waals surface area contributed by atoms with Crippen LogP contribution in [0.15, 0.2) is 48.8 Å². The summed E-state index contributed by atoms with van der Waals surface area (Å²) < 4.78 is 0. The van der Waals surface area contributed by atoms with Gasteiger partial charge in [0.1, 0.15) is 0 Å². The number of hydrogen-bond donors (Lipinski definition) is 2. The molecule has 14 heavy (non-hydrogen) atoms. The van der Waals surface area contributed by atoms with Crippen molar-refractivity contribution in [2.75, 3.05) is 6.61 Å². The van der Waals surface area contributed by atoms with Crippen molar-refractivity contribution in [1.29, 1.82) is 0 Å². The van der Waals surface area contributed by atoms with E-state index >= 15 is 0 Å². The lowest BCUT2D eigenvalue weighted by atomic mass is 9.94. The summed E-state index contributed by atoms with van der Waals surface area (Å²) in [5.41, 5.74) is 2.27. The minimum atomic E-state index is 0.0856. The average Bonchev–Trinajstić information content (AvgIpc) is 2.74. The first kappa shape index (κ1) is 9.03. The molecule has 0 aliphatic carbocycles. The Bertz CT molecular complexity index is 366. The zero-order valence-corrected chi connectivity index (χ0v) is 7.85. The van der Waals surface area contributed by atoms with Crippen molar-refractivity contribution in [2.45, 2.75) is 5.92 Å². The summed E-state index contributed by atoms with van der Waals surface area (Å²) in [4.78, 5) is 3.00. The number of aromatic amines is 1. The molecule has 1 aromatic carbocycles. The van der Waals surface area contributed by atoms with Crippen LogP contribution in [0, 0.1) is 0 Å². The Morgan fingerprint density at radius 3 is 2.43 bits per heavy atom. The molecule has 0 saturated heterocycles. The Morgan fingerprint density at radius 2 is 1.86 bits per heavy atom. The normalized spacial score (nSPS) is 12.6. The maximum atomic E-state index is 9.34. The number of benzene rings is 1. The first-order valence-corrected chi connectivity index (χ1v) is 4.70. The highest BCUT2D eigenvalue weighted by Gasteiger charge is 2.12. The van der Waals surface area contributed by atoms with Crippen molar-refractivity contribution >= 4 is 0 Å². The van der Waals surface area contributed by atoms with Gasteiger partial charge in [-0.1, -0.05) is 30.3 Å². The summed E-state index contributed by atoms with van der Waals surface area (Å²) in [6.07, 6.45) is 3.80. The van der Waals surface area contributed by atoms with Crippen LogP contribution < -0.4 is 0 Å². The maximum Gasteiger partial charge on any atom is 0.0541 e. The first-order chi connectivity index (χ1) is 6.92. The molecule has 0 bridgehead atoms. The quantitative estimate of drug-likeness (QED) is 0.758. The fourth-order valence-electron chi connectivity index (χ4n) is 1.64. The second kappa shape index (κ2) is 4.11. The summed E-state index contributed by atoms with van der Waals surface area (Å²) in [6, 6.07) is 12.0. The molecular weight excluding hydrogens is 174 g/mol. The summed E-state index contributed by atoms with van der Waals surface area (Å²) in [7, 11) is 0. The van der Waals surface area contributed by atoms with Crippen LogP contribution in [-0.2, 0) is 0 Å². The summed E-state index contributed by atoms with van der Waals surface area (Å²) in [5.74, 6) is 0.0856. The minimum Gasteiger partial charge on any atom is -0.395 e. The van der Waals surface area contributed by atoms with Crippen LogP contribution in [0.25, 0.3) is 0 Å². The van der Waals surface area contributed by atoms with Gasteiger partial charge >= 0.3 is 0 Å². The fourth-order valence-corrected chi connectivity index (χ4v) is 1.64. The van der Waals surface area contributed by atoms with Gasteiger partial charge in [-0.25, -0.2) is 0 Å². The molecule has 2 nitrogen and oxygen atoms in total. The Balaban J connectivity index is 2.31. The van der Waals surface area contributed by atoms with Gasteiger partial charge in [-0.2, -0.15) is 0 Å². The van der Waals surface area contributed by atoms with E-state index in [4.69, 9.17) is 0 Å². The molecule has 0 amide bonds. The second-order valence-electron chi connectivity index (χ2n) is 3.29. The highest BCUT2D eigenvalue weighted by molar-refractivity contribution is 5.30. The number of nitrogens with one attached hydrogen (secondary N) is 1. The third-order valence-electron chi connectivity index (χ3n) is 2.41. The molecule has 0 saturated carbocycles. The standard InChI is InChI=1S/C12H13NO/c14-9-12(11-6-7-13-8-11)10-4-2-1-3-5-10/h1-8,12-14H,9H2. The molecule has 2 heteroatoms. The van der Waals surface area contributed by atoms with Crippen molar-refractivity contribution in [3.63, 3.8) is 0 Å². The van der Waals surface area contributed by atoms with E-state index in [-0.39, 0.29) is 12.5 Å². The molecule has 1 aromatic heterocycles. The van der Waals surface area contributed by atoms with Crippen molar-refractivity contribution in [1.82, 2.24) is 4.98 Å². The van der Waals surface area contributed by atoms with Gasteiger partial charge in [0.25, 0.3) is 0 Å². The van der Waals surface area contributed by atoms with Crippen LogP contribution in [0.3, 0.4) is 0 Å². The lowest BCUT2D eigenvalue weighted by Crippen LogP contribution is -2.04. The van der Waals surface area contributed by atoms with Crippen LogP contribution in [0.1, 0.15) is 17.0 Å². The Hall–Kier alpha value is -1.54. The minimum absolute atomic E-state index is 0.0856. The average molecular weight is 187 g/mol. The molecule has 0 aliphatic heterocycles. The van der Waals surface area contributed by atoms with Crippen LogP contribution in [-0.4, -0.2) is 16.7 Å². The van der Waals surface area contributed by atoms with E-state index in [9.17, 15) is 5.11 Å². The Morgan fingerprint density at radius 1 is 1.07 bits per heavy atom. The Kier molecular flexibility index (Phi) is 2.65. The van der Waals surface area contributed by atoms with Crippen molar-refractivity contribution < 1.29 is 5.11 Å². The molecule has 0 fully saturated rings. The predicted octanol–water partition coefficient (Wildman–Crippen LogP) is 2.14. The number of aliphatic hydroxyl groups is 1. The number of aliphatic hydroxyl groups excluding tert-OH is 1. The van der Waals surface area contributed by atoms with Gasteiger partial charge in [0.05, 0.1) is 6.61 Å². The largest absolute Gasteiger partial charge is 0.395 e. The van der Waals surface area contributed by atoms with Crippen molar-refractivity contribution in [3.05, 3.63) is 59.9 Å². The zero-order valence-electron chi connectivity index (χ0n) is 7.85. The summed E-state index contributed by atoms with van der Waals surface area (Å²) in [5, 5.41) is 9.34. The highest BCUT2D eigenvalue weighted by Crippen LogP contribution is 2.23. The van der Waals surface area contributed by atoms with Gasteiger partial charge in [-0.3, -0.25) is 0 Å². The monoisotopic (exact) mass is 187 g/mol. The van der Waals surface area contributed by atoms with E-state index in [1.54, 1.807) is 0 Å². The molecule has 2 rings (SSSR count). The van der Waals surface area contributed by atoms with Gasteiger partial charge in [0.2, 0.25) is 0 Å². The molecule has 0 radical (unpaired) electrons. The summed E-state index contributed by atoms with van der Waals surface area (Å²) >= 11 is 0. The first-order valence-electron chi connectivity index (χ1n) is 4.70. The second-order valence-corrected chi connectivity index (χ2v) is 3.29. The molecule has 72 valence electrons. The maximum absolute atomic E-state index is 9.34. The smallest absolute Gasteiger partial charge is 0.0541 e. The van der Waals surface area contributed by atoms with Crippen LogP contribution in [0.2, 0.25) is 0 Å². The van der Waals surface area contributed by atoms with E-state index in [1.807, 2.05) is 48.8 Å². The zero-order chi connectivity index (χ0) is 9.80. The molecule has 1 heterocycles. The van der Waals surface area contributed by atoms with Gasteiger partial charge in [0, 0.05) is 18.3 Å². The molecule has 0 aliphatic rings. The topological polar surface area (TPSA) is 36.0 Å². The molecular formula is C12H13NO. The lowest BCUT2D eigenvalue weighted by Gasteiger charge is -2.12. The molecule has 2 aromatic rings. The van der Waals surface area contributed by atoms with Gasteiger partial charge in [-0.15, -0.1) is 0 Å². The van der Waals surface area contributed by atoms with Gasteiger partial charge < -0.3 is 10.1 Å². The van der Waals surface area contributed by atoms with Crippen LogP contribution >= 0.6 is 0 Å².